The normalized spacial score (nSPS) is 11.5. The SMILES string of the molecule is CCOC(=O)/C(C)=C/c1c(C)n(C)n(-c2ccccc2)c1=O. The lowest BCUT2D eigenvalue weighted by molar-refractivity contribution is -0.138. The third-order valence-corrected chi connectivity index (χ3v) is 3.56. The van der Waals surface area contributed by atoms with Gasteiger partial charge in [-0.1, -0.05) is 18.2 Å². The van der Waals surface area contributed by atoms with Crippen LogP contribution in [0.5, 0.6) is 0 Å². The Morgan fingerprint density at radius 2 is 1.91 bits per heavy atom. The average molecular weight is 300 g/mol. The fourth-order valence-electron chi connectivity index (χ4n) is 2.28. The molecule has 0 atom stereocenters. The van der Waals surface area contributed by atoms with E-state index in [1.807, 2.05) is 44.3 Å². The minimum atomic E-state index is -0.406. The lowest BCUT2D eigenvalue weighted by atomic mass is 10.1. The second kappa shape index (κ2) is 6.47. The summed E-state index contributed by atoms with van der Waals surface area (Å²) in [7, 11) is 1.82. The molecule has 0 aliphatic heterocycles. The Morgan fingerprint density at radius 3 is 2.50 bits per heavy atom. The van der Waals surface area contributed by atoms with E-state index < -0.39 is 5.97 Å². The largest absolute Gasteiger partial charge is 0.463 e. The van der Waals surface area contributed by atoms with Gasteiger partial charge >= 0.3 is 5.97 Å². The molecule has 0 fully saturated rings. The third kappa shape index (κ3) is 2.88. The van der Waals surface area contributed by atoms with Gasteiger partial charge in [-0.3, -0.25) is 9.48 Å². The van der Waals surface area contributed by atoms with Crippen molar-refractivity contribution in [1.82, 2.24) is 9.36 Å². The quantitative estimate of drug-likeness (QED) is 0.644. The van der Waals surface area contributed by atoms with E-state index in [1.165, 1.54) is 0 Å². The van der Waals surface area contributed by atoms with Crippen molar-refractivity contribution in [3.63, 3.8) is 0 Å². The fourth-order valence-corrected chi connectivity index (χ4v) is 2.28. The van der Waals surface area contributed by atoms with E-state index in [0.29, 0.717) is 17.7 Å². The second-order valence-corrected chi connectivity index (χ2v) is 5.02. The molecule has 0 amide bonds. The predicted molar refractivity (Wildman–Crippen MR) is 86.0 cm³/mol. The highest BCUT2D eigenvalue weighted by atomic mass is 16.5. The molecule has 116 valence electrons. The Morgan fingerprint density at radius 1 is 1.27 bits per heavy atom. The molecule has 22 heavy (non-hydrogen) atoms. The molecule has 0 N–H and O–H groups in total. The molecule has 0 aliphatic carbocycles. The van der Waals surface area contributed by atoms with Crippen molar-refractivity contribution in [2.24, 2.45) is 7.05 Å². The van der Waals surface area contributed by atoms with Gasteiger partial charge in [0.15, 0.2) is 0 Å². The third-order valence-electron chi connectivity index (χ3n) is 3.56. The number of carbonyl (C=O) groups excluding carboxylic acids is 1. The van der Waals surface area contributed by atoms with E-state index in [1.54, 1.807) is 29.3 Å². The van der Waals surface area contributed by atoms with Gasteiger partial charge in [-0.05, 0) is 39.0 Å². The maximum absolute atomic E-state index is 12.7. The first kappa shape index (κ1) is 15.8. The zero-order chi connectivity index (χ0) is 16.3. The standard InChI is InChI=1S/C17H20N2O3/c1-5-22-17(21)12(2)11-15-13(3)18(4)19(16(15)20)14-9-7-6-8-10-14/h6-11H,5H2,1-4H3/b12-11+. The molecule has 5 nitrogen and oxygen atoms in total. The zero-order valence-electron chi connectivity index (χ0n) is 13.3. The molecule has 0 radical (unpaired) electrons. The first-order chi connectivity index (χ1) is 10.5. The van der Waals surface area contributed by atoms with Crippen molar-refractivity contribution < 1.29 is 9.53 Å². The maximum Gasteiger partial charge on any atom is 0.333 e. The highest BCUT2D eigenvalue weighted by molar-refractivity contribution is 5.93. The van der Waals surface area contributed by atoms with Crippen LogP contribution in [0.25, 0.3) is 11.8 Å². The van der Waals surface area contributed by atoms with Gasteiger partial charge in [0.25, 0.3) is 5.56 Å². The van der Waals surface area contributed by atoms with Crippen LogP contribution < -0.4 is 5.56 Å². The number of nitrogens with zero attached hydrogens (tertiary/aromatic N) is 2. The van der Waals surface area contributed by atoms with Crippen LogP contribution in [0.1, 0.15) is 25.1 Å². The van der Waals surface area contributed by atoms with Gasteiger partial charge < -0.3 is 4.74 Å². The predicted octanol–water partition coefficient (Wildman–Crippen LogP) is 2.45. The molecule has 5 heteroatoms. The van der Waals surface area contributed by atoms with Gasteiger partial charge in [0.1, 0.15) is 0 Å². The van der Waals surface area contributed by atoms with Gasteiger partial charge in [-0.15, -0.1) is 0 Å². The Hall–Kier alpha value is -2.56. The number of benzene rings is 1. The molecule has 1 aromatic carbocycles. The van der Waals surface area contributed by atoms with Gasteiger partial charge in [-0.25, -0.2) is 9.48 Å². The smallest absolute Gasteiger partial charge is 0.333 e. The van der Waals surface area contributed by atoms with Crippen molar-refractivity contribution in [3.8, 4) is 5.69 Å². The lowest BCUT2D eigenvalue weighted by Gasteiger charge is -2.07. The van der Waals surface area contributed by atoms with Crippen LogP contribution in [-0.4, -0.2) is 21.9 Å². The van der Waals surface area contributed by atoms with Crippen LogP contribution in [-0.2, 0) is 16.6 Å². The average Bonchev–Trinajstić information content (AvgIpc) is 2.72. The molecular formula is C17H20N2O3. The minimum absolute atomic E-state index is 0.158. The van der Waals surface area contributed by atoms with Gasteiger partial charge in [0, 0.05) is 18.3 Å². The van der Waals surface area contributed by atoms with E-state index in [9.17, 15) is 9.59 Å². The molecule has 0 saturated heterocycles. The van der Waals surface area contributed by atoms with Crippen molar-refractivity contribution >= 4 is 12.0 Å². The van der Waals surface area contributed by atoms with Crippen LogP contribution >= 0.6 is 0 Å². The molecule has 1 heterocycles. The van der Waals surface area contributed by atoms with Gasteiger partial charge in [0.2, 0.25) is 0 Å². The molecule has 2 rings (SSSR count). The summed E-state index contributed by atoms with van der Waals surface area (Å²) in [6.45, 7) is 5.56. The second-order valence-electron chi connectivity index (χ2n) is 5.02. The van der Waals surface area contributed by atoms with E-state index in [2.05, 4.69) is 0 Å². The number of hydrogen-bond acceptors (Lipinski definition) is 3. The maximum atomic E-state index is 12.7. The fraction of sp³-hybridized carbons (Fsp3) is 0.294. The molecule has 0 saturated carbocycles. The van der Waals surface area contributed by atoms with E-state index >= 15 is 0 Å². The molecule has 0 aliphatic rings. The first-order valence-corrected chi connectivity index (χ1v) is 7.16. The highest BCUT2D eigenvalue weighted by Crippen LogP contribution is 2.13. The van der Waals surface area contributed by atoms with Crippen LogP contribution in [0.15, 0.2) is 40.7 Å². The highest BCUT2D eigenvalue weighted by Gasteiger charge is 2.16. The van der Waals surface area contributed by atoms with Crippen LogP contribution in [0.4, 0.5) is 0 Å². The molecule has 0 unspecified atom stereocenters. The Labute approximate surface area is 129 Å². The van der Waals surface area contributed by atoms with Crippen molar-refractivity contribution in [2.75, 3.05) is 6.61 Å². The first-order valence-electron chi connectivity index (χ1n) is 7.16. The summed E-state index contributed by atoms with van der Waals surface area (Å²) in [6, 6.07) is 9.39. The van der Waals surface area contributed by atoms with Crippen molar-refractivity contribution in [3.05, 3.63) is 57.5 Å². The number of carbonyl (C=O) groups is 1. The minimum Gasteiger partial charge on any atom is -0.463 e. The van der Waals surface area contributed by atoms with Crippen molar-refractivity contribution in [2.45, 2.75) is 20.8 Å². The summed E-state index contributed by atoms with van der Waals surface area (Å²) in [5.74, 6) is -0.406. The summed E-state index contributed by atoms with van der Waals surface area (Å²) < 4.78 is 8.32. The van der Waals surface area contributed by atoms with Crippen LogP contribution in [0.3, 0.4) is 0 Å². The van der Waals surface area contributed by atoms with Gasteiger partial charge in [-0.2, -0.15) is 0 Å². The molecule has 2 aromatic rings. The Bertz CT molecular complexity index is 767. The number of aromatic nitrogens is 2. The monoisotopic (exact) mass is 300 g/mol. The van der Waals surface area contributed by atoms with Crippen LogP contribution in [0.2, 0.25) is 0 Å². The summed E-state index contributed by atoms with van der Waals surface area (Å²) in [6.07, 6.45) is 1.59. The number of para-hydroxylation sites is 1. The summed E-state index contributed by atoms with van der Waals surface area (Å²) >= 11 is 0. The van der Waals surface area contributed by atoms with E-state index in [0.717, 1.165) is 11.4 Å². The molecule has 1 aromatic heterocycles. The molecule has 0 bridgehead atoms. The summed E-state index contributed by atoms with van der Waals surface area (Å²) in [4.78, 5) is 24.4. The van der Waals surface area contributed by atoms with Crippen molar-refractivity contribution in [1.29, 1.82) is 0 Å². The Balaban J connectivity index is 2.55. The Kier molecular flexibility index (Phi) is 4.65. The number of esters is 1. The molecular weight excluding hydrogens is 280 g/mol. The lowest BCUT2D eigenvalue weighted by Crippen LogP contribution is -2.20. The summed E-state index contributed by atoms with van der Waals surface area (Å²) in [5.41, 5.74) is 2.32. The van der Waals surface area contributed by atoms with E-state index in [-0.39, 0.29) is 5.56 Å². The van der Waals surface area contributed by atoms with Gasteiger partial charge in [0.05, 0.1) is 17.9 Å². The number of ether oxygens (including phenoxy) is 1. The number of hydrogen-bond donors (Lipinski definition) is 0. The van der Waals surface area contributed by atoms with Crippen LogP contribution in [0, 0.1) is 6.92 Å². The topological polar surface area (TPSA) is 53.2 Å². The molecule has 0 spiro atoms. The summed E-state index contributed by atoms with van der Waals surface area (Å²) in [5, 5.41) is 0. The zero-order valence-corrected chi connectivity index (χ0v) is 13.3. The van der Waals surface area contributed by atoms with E-state index in [4.69, 9.17) is 4.74 Å². The number of rotatable bonds is 4.